The molecule has 0 aromatic rings. The van der Waals surface area contributed by atoms with Crippen LogP contribution in [0.3, 0.4) is 0 Å². The topological polar surface area (TPSA) is 342 Å². The van der Waals surface area contributed by atoms with E-state index in [1.165, 1.54) is 20.8 Å². The van der Waals surface area contributed by atoms with Gasteiger partial charge in [-0.3, -0.25) is 33.6 Å². The molecule has 0 aromatic heterocycles. The molecule has 20 nitrogen and oxygen atoms in total. The second-order valence-corrected chi connectivity index (χ2v) is 12.5. The molecule has 0 saturated heterocycles. The first-order valence-corrected chi connectivity index (χ1v) is 15.6. The van der Waals surface area contributed by atoms with E-state index in [4.69, 9.17) is 11.5 Å². The van der Waals surface area contributed by atoms with Crippen molar-refractivity contribution in [1.29, 1.82) is 0 Å². The predicted molar refractivity (Wildman–Crippen MR) is 171 cm³/mol. The minimum absolute atomic E-state index is 0.0199. The molecule has 7 amide bonds. The van der Waals surface area contributed by atoms with Gasteiger partial charge in [0.15, 0.2) is 0 Å². The number of amides is 7. The molecular weight excluding hydrogens is 652 g/mol. The fourth-order valence-corrected chi connectivity index (χ4v) is 4.20. The van der Waals surface area contributed by atoms with Gasteiger partial charge in [0, 0.05) is 0 Å². The molecule has 0 saturated carbocycles. The smallest absolute Gasteiger partial charge is 0.326 e. The standard InChI is InChI=1S/C29H52N8O12/c1-11(2)8-16(25(44)36-23(15(7)40)28(47)35-21(12(3)4)29(48)49)34-24(43)17(9-18(30)41)33-19(42)10-32-27(46)22(14(6)39)37-26(45)20(31)13(5)38/h11-17,20-23,38-40H,8-10,31H2,1-7H3,(H2,30,41)(H,32,46)(H,33,42)(H,34,43)(H,35,47)(H,36,44)(H,37,45)(H,48,49)/t13-,14-,15-,16+,17+,20+,21+,22+,23+/m1/s1. The second kappa shape index (κ2) is 20.9. The third-order valence-electron chi connectivity index (χ3n) is 7.00. The number of carboxylic acids is 1. The zero-order chi connectivity index (χ0) is 38.3. The van der Waals surface area contributed by atoms with Gasteiger partial charge in [-0.1, -0.05) is 27.7 Å². The molecule has 0 bridgehead atoms. The highest BCUT2D eigenvalue weighted by Crippen LogP contribution is 2.09. The summed E-state index contributed by atoms with van der Waals surface area (Å²) in [5.41, 5.74) is 10.8. The van der Waals surface area contributed by atoms with Crippen molar-refractivity contribution in [3.8, 4) is 0 Å². The van der Waals surface area contributed by atoms with E-state index >= 15 is 0 Å². The van der Waals surface area contributed by atoms with Crippen LogP contribution in [-0.2, 0) is 38.4 Å². The Hall–Kier alpha value is -4.40. The Morgan fingerprint density at radius 3 is 1.49 bits per heavy atom. The summed E-state index contributed by atoms with van der Waals surface area (Å²) in [6.07, 6.45) is -4.99. The SMILES string of the molecule is CC(C)C[C@H](NC(=O)[C@H](CC(N)=O)NC(=O)CNC(=O)[C@@H](NC(=O)[C@@H](N)[C@@H](C)O)[C@@H](C)O)C(=O)N[C@H](C(=O)N[C@H](C(=O)O)C(C)C)[C@@H](C)O. The van der Waals surface area contributed by atoms with Crippen molar-refractivity contribution in [1.82, 2.24) is 31.9 Å². The Kier molecular flexibility index (Phi) is 19.0. The average Bonchev–Trinajstić information content (AvgIpc) is 2.97. The van der Waals surface area contributed by atoms with Crippen LogP contribution in [0.5, 0.6) is 0 Å². The van der Waals surface area contributed by atoms with Crippen LogP contribution in [0.2, 0.25) is 0 Å². The summed E-state index contributed by atoms with van der Waals surface area (Å²) in [6, 6.07) is -8.99. The molecule has 0 spiro atoms. The number of aliphatic hydroxyl groups excluding tert-OH is 3. The molecule has 0 aliphatic carbocycles. The molecule has 0 fully saturated rings. The summed E-state index contributed by atoms with van der Waals surface area (Å²) >= 11 is 0. The molecule has 20 heteroatoms. The lowest BCUT2D eigenvalue weighted by atomic mass is 10.0. The van der Waals surface area contributed by atoms with E-state index in [1.807, 2.05) is 0 Å². The maximum absolute atomic E-state index is 13.3. The van der Waals surface area contributed by atoms with E-state index in [2.05, 4.69) is 31.9 Å². The number of carboxylic acid groups (broad SMARTS) is 1. The van der Waals surface area contributed by atoms with Crippen LogP contribution >= 0.6 is 0 Å². The van der Waals surface area contributed by atoms with Crippen LogP contribution in [0.15, 0.2) is 0 Å². The summed E-state index contributed by atoms with van der Waals surface area (Å²) in [5, 5.41) is 52.5. The molecule has 0 rings (SSSR count). The van der Waals surface area contributed by atoms with Crippen LogP contribution < -0.4 is 43.4 Å². The van der Waals surface area contributed by atoms with E-state index in [-0.39, 0.29) is 12.3 Å². The van der Waals surface area contributed by atoms with Crippen LogP contribution in [0.25, 0.3) is 0 Å². The Balaban J connectivity index is 5.80. The van der Waals surface area contributed by atoms with E-state index < -0.39 is 121 Å². The lowest BCUT2D eigenvalue weighted by Gasteiger charge is -2.28. The fourth-order valence-electron chi connectivity index (χ4n) is 4.20. The summed E-state index contributed by atoms with van der Waals surface area (Å²) < 4.78 is 0. The predicted octanol–water partition coefficient (Wildman–Crippen LogP) is -5.34. The van der Waals surface area contributed by atoms with E-state index in [0.29, 0.717) is 0 Å². The van der Waals surface area contributed by atoms with Crippen molar-refractivity contribution in [2.24, 2.45) is 23.3 Å². The molecule has 0 aliphatic heterocycles. The number of carbonyl (C=O) groups is 8. The molecule has 0 heterocycles. The van der Waals surface area contributed by atoms with E-state index in [1.54, 1.807) is 27.7 Å². The van der Waals surface area contributed by atoms with Crippen LogP contribution in [0.4, 0.5) is 0 Å². The number of nitrogens with two attached hydrogens (primary N) is 2. The van der Waals surface area contributed by atoms with Crippen molar-refractivity contribution in [2.45, 2.75) is 116 Å². The van der Waals surface area contributed by atoms with Crippen LogP contribution in [-0.4, -0.2) is 129 Å². The van der Waals surface area contributed by atoms with Gasteiger partial charge in [0.2, 0.25) is 41.4 Å². The number of aliphatic hydroxyl groups is 3. The number of primary amides is 1. The Morgan fingerprint density at radius 2 is 1.06 bits per heavy atom. The highest BCUT2D eigenvalue weighted by Gasteiger charge is 2.35. The number of nitrogens with one attached hydrogen (secondary N) is 6. The van der Waals surface area contributed by atoms with Crippen LogP contribution in [0, 0.1) is 11.8 Å². The summed E-state index contributed by atoms with van der Waals surface area (Å²) in [5.74, 6) is -9.12. The molecule has 0 unspecified atom stereocenters. The van der Waals surface area contributed by atoms with Gasteiger partial charge in [-0.05, 0) is 39.0 Å². The van der Waals surface area contributed by atoms with Crippen molar-refractivity contribution >= 4 is 47.3 Å². The maximum atomic E-state index is 13.3. The highest BCUT2D eigenvalue weighted by atomic mass is 16.4. The molecular formula is C29H52N8O12. The quantitative estimate of drug-likeness (QED) is 0.0532. The Bertz CT molecular complexity index is 1190. The number of hydrogen-bond donors (Lipinski definition) is 12. The lowest BCUT2D eigenvalue weighted by molar-refractivity contribution is -0.144. The second-order valence-electron chi connectivity index (χ2n) is 12.5. The summed E-state index contributed by atoms with van der Waals surface area (Å²) in [6.45, 7) is 9.28. The number of aliphatic carboxylic acids is 1. The highest BCUT2D eigenvalue weighted by molar-refractivity contribution is 5.97. The zero-order valence-corrected chi connectivity index (χ0v) is 28.7. The van der Waals surface area contributed by atoms with Crippen LogP contribution in [0.1, 0.15) is 61.3 Å². The first-order valence-electron chi connectivity index (χ1n) is 15.6. The minimum Gasteiger partial charge on any atom is -0.480 e. The number of rotatable bonds is 21. The normalized spacial score (nSPS) is 16.8. The Morgan fingerprint density at radius 1 is 0.592 bits per heavy atom. The van der Waals surface area contributed by atoms with Crippen molar-refractivity contribution in [3.05, 3.63) is 0 Å². The molecule has 9 atom stereocenters. The van der Waals surface area contributed by atoms with Gasteiger partial charge in [-0.25, -0.2) is 4.79 Å². The summed E-state index contributed by atoms with van der Waals surface area (Å²) in [4.78, 5) is 100. The third kappa shape index (κ3) is 16.0. The van der Waals surface area contributed by atoms with Crippen molar-refractivity contribution in [3.63, 3.8) is 0 Å². The fraction of sp³-hybridized carbons (Fsp3) is 0.724. The Labute approximate surface area is 283 Å². The van der Waals surface area contributed by atoms with Crippen molar-refractivity contribution in [2.75, 3.05) is 6.54 Å². The molecule has 280 valence electrons. The zero-order valence-electron chi connectivity index (χ0n) is 28.7. The largest absolute Gasteiger partial charge is 0.480 e. The van der Waals surface area contributed by atoms with Gasteiger partial charge >= 0.3 is 5.97 Å². The summed E-state index contributed by atoms with van der Waals surface area (Å²) in [7, 11) is 0. The number of hydrogen-bond acceptors (Lipinski definition) is 12. The molecule has 0 aromatic carbocycles. The van der Waals surface area contributed by atoms with Gasteiger partial charge in [-0.2, -0.15) is 0 Å². The number of carbonyl (C=O) groups excluding carboxylic acids is 7. The van der Waals surface area contributed by atoms with Gasteiger partial charge in [-0.15, -0.1) is 0 Å². The minimum atomic E-state index is -1.65. The van der Waals surface area contributed by atoms with Gasteiger partial charge in [0.25, 0.3) is 0 Å². The molecule has 49 heavy (non-hydrogen) atoms. The van der Waals surface area contributed by atoms with Gasteiger partial charge in [0.05, 0.1) is 31.3 Å². The maximum Gasteiger partial charge on any atom is 0.326 e. The van der Waals surface area contributed by atoms with Gasteiger partial charge < -0.3 is 63.8 Å². The molecule has 0 radical (unpaired) electrons. The molecule has 14 N–H and O–H groups in total. The molecule has 0 aliphatic rings. The van der Waals surface area contributed by atoms with E-state index in [0.717, 1.165) is 0 Å². The first-order chi connectivity index (χ1) is 22.5. The lowest BCUT2D eigenvalue weighted by Crippen LogP contribution is -2.61. The average molecular weight is 705 g/mol. The first kappa shape index (κ1) is 44.6. The van der Waals surface area contributed by atoms with Crippen molar-refractivity contribution < 1.29 is 58.8 Å². The van der Waals surface area contributed by atoms with E-state index in [9.17, 15) is 58.8 Å². The third-order valence-corrected chi connectivity index (χ3v) is 7.00. The monoisotopic (exact) mass is 704 g/mol. The van der Waals surface area contributed by atoms with Gasteiger partial charge in [0.1, 0.15) is 36.3 Å².